The van der Waals surface area contributed by atoms with E-state index in [-0.39, 0.29) is 11.6 Å². The van der Waals surface area contributed by atoms with E-state index in [0.29, 0.717) is 29.2 Å². The number of carbonyl (C=O) groups excluding carboxylic acids is 3. The van der Waals surface area contributed by atoms with Crippen LogP contribution in [0.5, 0.6) is 5.75 Å². The van der Waals surface area contributed by atoms with Crippen molar-refractivity contribution >= 4 is 46.9 Å². The molecule has 264 valence electrons. The molecule has 8 heteroatoms. The molecule has 6 aromatic carbocycles. The van der Waals surface area contributed by atoms with Crippen LogP contribution >= 0.6 is 11.8 Å². The number of carbonyl (C=O) groups is 3. The summed E-state index contributed by atoms with van der Waals surface area (Å²) in [6.07, 6.45) is 1.63. The third-order valence-electron chi connectivity index (χ3n) is 8.31. The Labute approximate surface area is 314 Å². The summed E-state index contributed by atoms with van der Waals surface area (Å²) in [4.78, 5) is 41.3. The minimum Gasteiger partial charge on any atom is -0.489 e. The van der Waals surface area contributed by atoms with E-state index in [1.54, 1.807) is 42.5 Å². The van der Waals surface area contributed by atoms with Gasteiger partial charge in [-0.2, -0.15) is 0 Å². The van der Waals surface area contributed by atoms with Gasteiger partial charge in [0.25, 0.3) is 11.8 Å². The summed E-state index contributed by atoms with van der Waals surface area (Å²) in [5, 5.41) is 8.29. The van der Waals surface area contributed by atoms with Crippen molar-refractivity contribution in [3.63, 3.8) is 0 Å². The number of ether oxygens (including phenoxy) is 1. The lowest BCUT2D eigenvalue weighted by Crippen LogP contribution is -2.30. The van der Waals surface area contributed by atoms with Gasteiger partial charge < -0.3 is 20.7 Å². The average Bonchev–Trinajstić information content (AvgIpc) is 3.19. The van der Waals surface area contributed by atoms with Crippen molar-refractivity contribution in [1.29, 1.82) is 0 Å². The Bertz CT molecular complexity index is 2190. The molecule has 0 saturated heterocycles. The van der Waals surface area contributed by atoms with Crippen LogP contribution in [0.4, 0.5) is 11.4 Å². The Hall–Kier alpha value is -6.38. The highest BCUT2D eigenvalue weighted by atomic mass is 32.2. The van der Waals surface area contributed by atoms with Gasteiger partial charge in [0.2, 0.25) is 5.91 Å². The van der Waals surface area contributed by atoms with Gasteiger partial charge in [0.1, 0.15) is 23.3 Å². The van der Waals surface area contributed by atoms with Crippen LogP contribution in [0, 0.1) is 13.8 Å². The van der Waals surface area contributed by atoms with Crippen LogP contribution in [0.1, 0.15) is 43.4 Å². The van der Waals surface area contributed by atoms with Gasteiger partial charge in [-0.1, -0.05) is 109 Å². The maximum atomic E-state index is 13.7. The highest BCUT2D eigenvalue weighted by Gasteiger charge is 2.23. The van der Waals surface area contributed by atoms with Crippen LogP contribution in [-0.2, 0) is 16.2 Å². The van der Waals surface area contributed by atoms with Crippen LogP contribution < -0.4 is 20.7 Å². The van der Waals surface area contributed by atoms with Crippen LogP contribution in [0.3, 0.4) is 0 Å². The first-order valence-electron chi connectivity index (χ1n) is 17.2. The second kappa shape index (κ2) is 17.7. The monoisotopic (exact) mass is 717 g/mol. The van der Waals surface area contributed by atoms with E-state index in [4.69, 9.17) is 4.74 Å². The normalized spacial score (nSPS) is 11.6. The van der Waals surface area contributed by atoms with Crippen molar-refractivity contribution < 1.29 is 19.1 Å². The Morgan fingerprint density at radius 3 is 2.00 bits per heavy atom. The molecular weight excluding hydrogens is 679 g/mol. The summed E-state index contributed by atoms with van der Waals surface area (Å²) < 4.78 is 5.91. The quantitative estimate of drug-likeness (QED) is 0.0817. The van der Waals surface area contributed by atoms with Gasteiger partial charge in [-0.3, -0.25) is 14.4 Å². The summed E-state index contributed by atoms with van der Waals surface area (Å²) in [5.41, 5.74) is 6.55. The SMILES string of the molecule is Cc1ccc(NC(=O)C(Sc2ccc(NC(=O)/C(=C/c3ccc(OCc4ccccc4)cc3)NC(=O)c3ccccc3)cc2)c2ccccc2)c(C)c1. The molecule has 1 unspecified atom stereocenters. The van der Waals surface area contributed by atoms with Gasteiger partial charge in [0, 0.05) is 21.8 Å². The van der Waals surface area contributed by atoms with Gasteiger partial charge in [-0.25, -0.2) is 0 Å². The molecule has 6 aromatic rings. The van der Waals surface area contributed by atoms with Crippen LogP contribution in [0.2, 0.25) is 0 Å². The van der Waals surface area contributed by atoms with E-state index in [1.807, 2.05) is 135 Å². The number of amides is 3. The number of hydrogen-bond acceptors (Lipinski definition) is 5. The summed E-state index contributed by atoms with van der Waals surface area (Å²) >= 11 is 1.42. The molecule has 0 saturated carbocycles. The van der Waals surface area contributed by atoms with E-state index >= 15 is 0 Å². The van der Waals surface area contributed by atoms with Gasteiger partial charge in [-0.15, -0.1) is 11.8 Å². The van der Waals surface area contributed by atoms with E-state index in [9.17, 15) is 14.4 Å². The number of benzene rings is 6. The van der Waals surface area contributed by atoms with Crippen LogP contribution in [0.25, 0.3) is 6.08 Å². The summed E-state index contributed by atoms with van der Waals surface area (Å²) in [7, 11) is 0. The maximum absolute atomic E-state index is 13.7. The predicted octanol–water partition coefficient (Wildman–Crippen LogP) is 9.76. The summed E-state index contributed by atoms with van der Waals surface area (Å²) in [5.74, 6) is -0.354. The molecule has 0 aliphatic heterocycles. The first-order valence-corrected chi connectivity index (χ1v) is 18.0. The van der Waals surface area contributed by atoms with E-state index in [1.165, 1.54) is 11.8 Å². The summed E-state index contributed by atoms with van der Waals surface area (Å²) in [6, 6.07) is 48.8. The maximum Gasteiger partial charge on any atom is 0.272 e. The summed E-state index contributed by atoms with van der Waals surface area (Å²) in [6.45, 7) is 4.43. The molecule has 0 fully saturated rings. The largest absolute Gasteiger partial charge is 0.489 e. The van der Waals surface area contributed by atoms with E-state index in [2.05, 4.69) is 16.0 Å². The van der Waals surface area contributed by atoms with Crippen LogP contribution in [0.15, 0.2) is 168 Å². The first kappa shape index (κ1) is 36.4. The Morgan fingerprint density at radius 1 is 0.698 bits per heavy atom. The second-order valence-electron chi connectivity index (χ2n) is 12.4. The smallest absolute Gasteiger partial charge is 0.272 e. The standard InChI is InChI=1S/C45H39N3O4S/c1-31-18-27-40(32(2)28-31)47-45(51)42(35-14-8-4-9-15-35)53-39-25-21-37(22-26-39)46-44(50)41(48-43(49)36-16-10-5-11-17-36)29-33-19-23-38(24-20-33)52-30-34-12-6-3-7-13-34/h3-29,42H,30H2,1-2H3,(H,46,50)(H,47,51)(H,48,49)/b41-29-. The van der Waals surface area contributed by atoms with Crippen molar-refractivity contribution in [2.45, 2.75) is 30.6 Å². The van der Waals surface area contributed by atoms with Gasteiger partial charge in [-0.05, 0) is 96.8 Å². The zero-order chi connectivity index (χ0) is 37.0. The number of rotatable bonds is 13. The van der Waals surface area contributed by atoms with Gasteiger partial charge in [0.05, 0.1) is 0 Å². The van der Waals surface area contributed by atoms with E-state index < -0.39 is 17.1 Å². The molecule has 0 aromatic heterocycles. The number of nitrogens with one attached hydrogen (secondary N) is 3. The molecule has 6 rings (SSSR count). The van der Waals surface area contributed by atoms with Crippen molar-refractivity contribution in [2.75, 3.05) is 10.6 Å². The Balaban J connectivity index is 1.17. The molecule has 0 heterocycles. The fourth-order valence-electron chi connectivity index (χ4n) is 5.51. The molecule has 0 spiro atoms. The third-order valence-corrected chi connectivity index (χ3v) is 9.58. The predicted molar refractivity (Wildman–Crippen MR) is 214 cm³/mol. The molecule has 3 amide bonds. The third kappa shape index (κ3) is 10.3. The lowest BCUT2D eigenvalue weighted by molar-refractivity contribution is -0.116. The van der Waals surface area contributed by atoms with Gasteiger partial charge in [0.15, 0.2) is 0 Å². The second-order valence-corrected chi connectivity index (χ2v) is 13.6. The Morgan fingerprint density at radius 2 is 1.34 bits per heavy atom. The lowest BCUT2D eigenvalue weighted by atomic mass is 10.1. The van der Waals surface area contributed by atoms with Crippen molar-refractivity contribution in [3.8, 4) is 5.75 Å². The number of anilines is 2. The van der Waals surface area contributed by atoms with Gasteiger partial charge >= 0.3 is 0 Å². The zero-order valence-corrected chi connectivity index (χ0v) is 30.2. The molecule has 7 nitrogen and oxygen atoms in total. The number of aryl methyl sites for hydroxylation is 2. The highest BCUT2D eigenvalue weighted by molar-refractivity contribution is 8.00. The van der Waals surface area contributed by atoms with Crippen molar-refractivity contribution in [1.82, 2.24) is 5.32 Å². The Kier molecular flexibility index (Phi) is 12.2. The molecule has 1 atom stereocenters. The molecule has 53 heavy (non-hydrogen) atoms. The molecule has 0 aliphatic carbocycles. The fraction of sp³-hybridized carbons (Fsp3) is 0.0889. The average molecular weight is 718 g/mol. The first-order chi connectivity index (χ1) is 25.8. The molecule has 0 radical (unpaired) electrons. The molecule has 0 bridgehead atoms. The number of thioether (sulfide) groups is 1. The van der Waals surface area contributed by atoms with Crippen molar-refractivity contribution in [2.24, 2.45) is 0 Å². The lowest BCUT2D eigenvalue weighted by Gasteiger charge is -2.18. The van der Waals surface area contributed by atoms with Crippen molar-refractivity contribution in [3.05, 3.63) is 197 Å². The topological polar surface area (TPSA) is 96.5 Å². The molecule has 0 aliphatic rings. The highest BCUT2D eigenvalue weighted by Crippen LogP contribution is 2.37. The van der Waals surface area contributed by atoms with E-state index in [0.717, 1.165) is 32.8 Å². The zero-order valence-electron chi connectivity index (χ0n) is 29.4. The molecular formula is C45H39N3O4S. The minimum absolute atomic E-state index is 0.0717. The fourth-order valence-corrected chi connectivity index (χ4v) is 6.54. The minimum atomic E-state index is -0.518. The van der Waals surface area contributed by atoms with Crippen LogP contribution in [-0.4, -0.2) is 17.7 Å². The molecule has 3 N–H and O–H groups in total. The number of hydrogen-bond donors (Lipinski definition) is 3.